The second-order valence-electron chi connectivity index (χ2n) is 23.5. The van der Waals surface area contributed by atoms with Gasteiger partial charge in [0.25, 0.3) is 0 Å². The van der Waals surface area contributed by atoms with Gasteiger partial charge in [0.2, 0.25) is 0 Å². The molecule has 0 fully saturated rings. The highest BCUT2D eigenvalue weighted by Crippen LogP contribution is 2.18. The molecule has 0 spiro atoms. The third-order valence-corrected chi connectivity index (χ3v) is 15.6. The van der Waals surface area contributed by atoms with Crippen LogP contribution in [0.4, 0.5) is 0 Å². The lowest BCUT2D eigenvalue weighted by Crippen LogP contribution is -2.30. The summed E-state index contributed by atoms with van der Waals surface area (Å²) in [6, 6.07) is 0. The molecule has 1 atom stereocenters. The lowest BCUT2D eigenvalue weighted by molar-refractivity contribution is -0.167. The Balaban J connectivity index is 4.24. The minimum atomic E-state index is -0.769. The third kappa shape index (κ3) is 64.3. The number of allylic oxidation sites excluding steroid dienone is 6. The van der Waals surface area contributed by atoms with Crippen LogP contribution in [0.25, 0.3) is 0 Å². The molecule has 0 radical (unpaired) electrons. The highest BCUT2D eigenvalue weighted by molar-refractivity contribution is 5.71. The van der Waals surface area contributed by atoms with Crippen LogP contribution in [0.15, 0.2) is 36.5 Å². The Hall–Kier alpha value is -2.37. The fraction of sp³-hybridized carbons (Fsp3) is 0.873. The molecule has 0 aromatic carbocycles. The van der Waals surface area contributed by atoms with E-state index in [0.29, 0.717) is 19.3 Å². The van der Waals surface area contributed by atoms with Crippen LogP contribution in [0.2, 0.25) is 0 Å². The van der Waals surface area contributed by atoms with Crippen LogP contribution in [0.5, 0.6) is 0 Å². The van der Waals surface area contributed by atoms with E-state index in [4.69, 9.17) is 14.2 Å². The zero-order chi connectivity index (χ0) is 55.7. The van der Waals surface area contributed by atoms with Gasteiger partial charge in [0.1, 0.15) is 13.2 Å². The molecule has 77 heavy (non-hydrogen) atoms. The summed E-state index contributed by atoms with van der Waals surface area (Å²) in [5.41, 5.74) is 0. The van der Waals surface area contributed by atoms with Crippen LogP contribution < -0.4 is 0 Å². The van der Waals surface area contributed by atoms with E-state index < -0.39 is 6.10 Å². The van der Waals surface area contributed by atoms with Crippen molar-refractivity contribution in [1.82, 2.24) is 0 Å². The molecule has 0 bridgehead atoms. The summed E-state index contributed by atoms with van der Waals surface area (Å²) in [7, 11) is 0. The summed E-state index contributed by atoms with van der Waals surface area (Å²) < 4.78 is 17.0. The topological polar surface area (TPSA) is 78.9 Å². The van der Waals surface area contributed by atoms with Crippen LogP contribution in [0.3, 0.4) is 0 Å². The first-order valence-electron chi connectivity index (χ1n) is 34.5. The van der Waals surface area contributed by atoms with E-state index in [9.17, 15) is 14.4 Å². The molecule has 0 saturated heterocycles. The molecule has 0 heterocycles. The van der Waals surface area contributed by atoms with Gasteiger partial charge in [-0.05, 0) is 57.8 Å². The molecule has 0 aliphatic heterocycles. The average Bonchev–Trinajstić information content (AvgIpc) is 3.43. The first-order chi connectivity index (χ1) is 38.0. The molecule has 0 aromatic heterocycles. The van der Waals surface area contributed by atoms with E-state index in [-0.39, 0.29) is 31.1 Å². The number of hydrogen-bond donors (Lipinski definition) is 0. The second kappa shape index (κ2) is 66.1. The van der Waals surface area contributed by atoms with Gasteiger partial charge in [0.15, 0.2) is 6.10 Å². The number of carbonyl (C=O) groups is 3. The van der Waals surface area contributed by atoms with E-state index in [1.807, 2.05) is 0 Å². The third-order valence-electron chi connectivity index (χ3n) is 15.6. The van der Waals surface area contributed by atoms with Gasteiger partial charge in [0, 0.05) is 19.3 Å². The van der Waals surface area contributed by atoms with Crippen molar-refractivity contribution in [3.8, 4) is 0 Å². The van der Waals surface area contributed by atoms with Crippen molar-refractivity contribution in [3.63, 3.8) is 0 Å². The first-order valence-corrected chi connectivity index (χ1v) is 34.5. The Kier molecular flexibility index (Phi) is 64.1. The number of unbranched alkanes of at least 4 members (excludes halogenated alkanes) is 47. The van der Waals surface area contributed by atoms with Crippen molar-refractivity contribution in [2.75, 3.05) is 13.2 Å². The van der Waals surface area contributed by atoms with Crippen molar-refractivity contribution in [3.05, 3.63) is 36.5 Å². The molecule has 0 aliphatic carbocycles. The normalized spacial score (nSPS) is 12.2. The number of rotatable bonds is 64. The number of hydrogen-bond acceptors (Lipinski definition) is 6. The summed E-state index contributed by atoms with van der Waals surface area (Å²) in [5, 5.41) is 0. The lowest BCUT2D eigenvalue weighted by atomic mass is 10.0. The summed E-state index contributed by atoms with van der Waals surface area (Å²) in [6.45, 7) is 6.70. The summed E-state index contributed by atoms with van der Waals surface area (Å²) in [6.07, 6.45) is 81.6. The quantitative estimate of drug-likeness (QED) is 0.0261. The second-order valence-corrected chi connectivity index (χ2v) is 23.5. The van der Waals surface area contributed by atoms with Crippen LogP contribution >= 0.6 is 0 Å². The van der Waals surface area contributed by atoms with Crippen molar-refractivity contribution >= 4 is 17.9 Å². The molecule has 0 N–H and O–H groups in total. The molecule has 6 nitrogen and oxygen atoms in total. The SMILES string of the molecule is CCCCCCC/C=C\C/C=C\C/C=C\CCCCCCCCCCCCCCC(=O)OCC(COC(=O)CCCCCCCCCCCCCCCCC)OC(=O)CCCCCCCCCCCCCCCCCCC. The highest BCUT2D eigenvalue weighted by atomic mass is 16.6. The van der Waals surface area contributed by atoms with Crippen molar-refractivity contribution in [2.45, 2.75) is 386 Å². The maximum Gasteiger partial charge on any atom is 0.306 e. The van der Waals surface area contributed by atoms with Crippen LogP contribution in [0, 0.1) is 0 Å². The maximum absolute atomic E-state index is 12.9. The highest BCUT2D eigenvalue weighted by Gasteiger charge is 2.19. The van der Waals surface area contributed by atoms with Gasteiger partial charge in [-0.25, -0.2) is 0 Å². The Labute approximate surface area is 480 Å². The zero-order valence-electron chi connectivity index (χ0n) is 52.0. The summed E-state index contributed by atoms with van der Waals surface area (Å²) in [5.74, 6) is -0.838. The Morgan fingerprint density at radius 2 is 0.468 bits per heavy atom. The minimum Gasteiger partial charge on any atom is -0.462 e. The van der Waals surface area contributed by atoms with E-state index in [1.54, 1.807) is 0 Å². The van der Waals surface area contributed by atoms with Crippen molar-refractivity contribution in [1.29, 1.82) is 0 Å². The Morgan fingerprint density at radius 3 is 0.727 bits per heavy atom. The van der Waals surface area contributed by atoms with E-state index >= 15 is 0 Å². The molecule has 0 amide bonds. The van der Waals surface area contributed by atoms with Crippen LogP contribution in [-0.4, -0.2) is 37.2 Å². The van der Waals surface area contributed by atoms with Crippen LogP contribution in [0.1, 0.15) is 380 Å². The predicted octanol–water partition coefficient (Wildman–Crippen LogP) is 23.6. The molecule has 1 unspecified atom stereocenters. The molecule has 0 aliphatic rings. The number of esters is 3. The molecule has 0 rings (SSSR count). The fourth-order valence-corrected chi connectivity index (χ4v) is 10.5. The van der Waals surface area contributed by atoms with Gasteiger partial charge in [-0.2, -0.15) is 0 Å². The first kappa shape index (κ1) is 74.6. The van der Waals surface area contributed by atoms with Gasteiger partial charge in [-0.1, -0.05) is 340 Å². The van der Waals surface area contributed by atoms with E-state index in [2.05, 4.69) is 57.2 Å². The maximum atomic E-state index is 12.9. The van der Waals surface area contributed by atoms with Gasteiger partial charge in [-0.15, -0.1) is 0 Å². The van der Waals surface area contributed by atoms with Gasteiger partial charge >= 0.3 is 17.9 Å². The number of carbonyl (C=O) groups excluding carboxylic acids is 3. The monoisotopic (exact) mass is 1080 g/mol. The number of ether oxygens (including phenoxy) is 3. The van der Waals surface area contributed by atoms with Crippen molar-refractivity contribution in [2.24, 2.45) is 0 Å². The predicted molar refractivity (Wildman–Crippen MR) is 335 cm³/mol. The van der Waals surface area contributed by atoms with Gasteiger partial charge in [-0.3, -0.25) is 14.4 Å². The molecular formula is C71H132O6. The Bertz CT molecular complexity index is 1290. The fourth-order valence-electron chi connectivity index (χ4n) is 10.5. The molecule has 0 saturated carbocycles. The van der Waals surface area contributed by atoms with Gasteiger partial charge in [0.05, 0.1) is 0 Å². The average molecular weight is 1080 g/mol. The zero-order valence-corrected chi connectivity index (χ0v) is 52.0. The van der Waals surface area contributed by atoms with Crippen molar-refractivity contribution < 1.29 is 28.6 Å². The molecule has 0 aromatic rings. The van der Waals surface area contributed by atoms with Crippen LogP contribution in [-0.2, 0) is 28.6 Å². The minimum absolute atomic E-state index is 0.0659. The van der Waals surface area contributed by atoms with Gasteiger partial charge < -0.3 is 14.2 Å². The standard InChI is InChI=1S/C71H132O6/c1-4-7-10-13-16-19-22-25-28-30-31-32-33-34-35-36-37-38-39-41-43-46-49-52-55-58-61-64-70(73)76-67-68(66-75-69(72)63-60-57-54-51-48-45-42-27-24-21-18-15-12-9-6-3)77-71(74)65-62-59-56-53-50-47-44-40-29-26-23-20-17-14-11-8-5-2/h22,25,30-31,33-34,68H,4-21,23-24,26-29,32,35-67H2,1-3H3/b25-22-,31-30-,34-33-. The summed E-state index contributed by atoms with van der Waals surface area (Å²) >= 11 is 0. The molecular weight excluding hydrogens is 949 g/mol. The van der Waals surface area contributed by atoms with E-state index in [1.165, 1.54) is 270 Å². The van der Waals surface area contributed by atoms with E-state index in [0.717, 1.165) is 70.6 Å². The molecule has 6 heteroatoms. The molecule has 452 valence electrons. The Morgan fingerprint density at radius 1 is 0.260 bits per heavy atom. The largest absolute Gasteiger partial charge is 0.462 e. The summed E-state index contributed by atoms with van der Waals surface area (Å²) in [4.78, 5) is 38.4. The smallest absolute Gasteiger partial charge is 0.306 e. The lowest BCUT2D eigenvalue weighted by Gasteiger charge is -2.18.